The van der Waals surface area contributed by atoms with Crippen molar-refractivity contribution in [1.29, 1.82) is 0 Å². The van der Waals surface area contributed by atoms with Gasteiger partial charge in [-0.1, -0.05) is 27.7 Å². The fourth-order valence-corrected chi connectivity index (χ4v) is 4.04. The summed E-state index contributed by atoms with van der Waals surface area (Å²) in [6.45, 7) is 16.7. The Morgan fingerprint density at radius 2 is 1.60 bits per heavy atom. The standard InChI is InChI=1S/C18H38N2/c1-15(2)20(7)11-9-8-10-19-16-12-17(3,4)14-18(5,6)13-16/h15-16,19H,8-14H2,1-7H3. The average molecular weight is 283 g/mol. The van der Waals surface area contributed by atoms with Crippen LogP contribution in [0.1, 0.15) is 73.6 Å². The van der Waals surface area contributed by atoms with Crippen LogP contribution < -0.4 is 5.32 Å². The third kappa shape index (κ3) is 6.58. The molecule has 0 saturated heterocycles. The summed E-state index contributed by atoms with van der Waals surface area (Å²) < 4.78 is 0. The molecule has 1 saturated carbocycles. The Morgan fingerprint density at radius 1 is 1.05 bits per heavy atom. The van der Waals surface area contributed by atoms with Crippen molar-refractivity contribution in [3.8, 4) is 0 Å². The molecule has 2 heteroatoms. The number of hydrogen-bond acceptors (Lipinski definition) is 2. The van der Waals surface area contributed by atoms with Crippen LogP contribution in [-0.2, 0) is 0 Å². The Labute approximate surface area is 127 Å². The molecule has 1 aliphatic carbocycles. The number of nitrogens with one attached hydrogen (secondary N) is 1. The van der Waals surface area contributed by atoms with Crippen molar-refractivity contribution in [3.63, 3.8) is 0 Å². The van der Waals surface area contributed by atoms with E-state index in [0.29, 0.717) is 16.9 Å². The zero-order valence-electron chi connectivity index (χ0n) is 15.1. The van der Waals surface area contributed by atoms with Gasteiger partial charge < -0.3 is 10.2 Å². The van der Waals surface area contributed by atoms with Crippen LogP contribution in [0.15, 0.2) is 0 Å². The molecule has 0 spiro atoms. The third-order valence-corrected chi connectivity index (χ3v) is 4.81. The normalized spacial score (nSPS) is 22.6. The summed E-state index contributed by atoms with van der Waals surface area (Å²) in [5.41, 5.74) is 0.995. The highest BCUT2D eigenvalue weighted by Crippen LogP contribution is 2.45. The SMILES string of the molecule is CC(C)N(C)CCCCNC1CC(C)(C)CC(C)(C)C1. The molecule has 0 amide bonds. The van der Waals surface area contributed by atoms with Crippen molar-refractivity contribution < 1.29 is 0 Å². The van der Waals surface area contributed by atoms with E-state index in [0.717, 1.165) is 6.04 Å². The van der Waals surface area contributed by atoms with Crippen molar-refractivity contribution in [2.24, 2.45) is 10.8 Å². The topological polar surface area (TPSA) is 15.3 Å². The molecule has 0 aromatic heterocycles. The maximum Gasteiger partial charge on any atom is 0.00772 e. The molecular formula is C18H38N2. The van der Waals surface area contributed by atoms with Crippen LogP contribution in [0.3, 0.4) is 0 Å². The van der Waals surface area contributed by atoms with Crippen molar-refractivity contribution in [2.75, 3.05) is 20.1 Å². The molecule has 0 aromatic rings. The highest BCUT2D eigenvalue weighted by Gasteiger charge is 2.37. The fourth-order valence-electron chi connectivity index (χ4n) is 4.04. The maximum atomic E-state index is 3.82. The van der Waals surface area contributed by atoms with Gasteiger partial charge in [0.25, 0.3) is 0 Å². The average Bonchev–Trinajstić information content (AvgIpc) is 2.23. The molecule has 1 fully saturated rings. The van der Waals surface area contributed by atoms with Crippen LogP contribution >= 0.6 is 0 Å². The lowest BCUT2D eigenvalue weighted by Crippen LogP contribution is -2.44. The molecule has 0 aliphatic heterocycles. The minimum Gasteiger partial charge on any atom is -0.314 e. The molecule has 0 aromatic carbocycles. The summed E-state index contributed by atoms with van der Waals surface area (Å²) in [5.74, 6) is 0. The second kappa shape index (κ2) is 7.26. The van der Waals surface area contributed by atoms with E-state index in [1.165, 1.54) is 45.2 Å². The Hall–Kier alpha value is -0.0800. The second-order valence-corrected chi connectivity index (χ2v) is 8.85. The molecule has 1 N–H and O–H groups in total. The summed E-state index contributed by atoms with van der Waals surface area (Å²) in [6, 6.07) is 1.39. The van der Waals surface area contributed by atoms with Crippen LogP contribution in [0.5, 0.6) is 0 Å². The maximum absolute atomic E-state index is 3.82. The summed E-state index contributed by atoms with van der Waals surface area (Å²) in [6.07, 6.45) is 6.64. The first-order chi connectivity index (χ1) is 9.11. The molecule has 1 aliphatic rings. The number of unbranched alkanes of at least 4 members (excludes halogenated alkanes) is 1. The molecular weight excluding hydrogens is 244 g/mol. The lowest BCUT2D eigenvalue weighted by Gasteiger charge is -2.45. The van der Waals surface area contributed by atoms with Gasteiger partial charge in [0.2, 0.25) is 0 Å². The summed E-state index contributed by atoms with van der Waals surface area (Å²) in [4.78, 5) is 2.44. The van der Waals surface area contributed by atoms with Gasteiger partial charge in [-0.25, -0.2) is 0 Å². The summed E-state index contributed by atoms with van der Waals surface area (Å²) in [5, 5.41) is 3.82. The van der Waals surface area contributed by atoms with Crippen molar-refractivity contribution in [2.45, 2.75) is 85.7 Å². The molecule has 0 atom stereocenters. The number of nitrogens with zero attached hydrogens (tertiary/aromatic N) is 1. The first-order valence-electron chi connectivity index (χ1n) is 8.55. The molecule has 2 nitrogen and oxygen atoms in total. The second-order valence-electron chi connectivity index (χ2n) is 8.85. The van der Waals surface area contributed by atoms with Gasteiger partial charge >= 0.3 is 0 Å². The highest BCUT2D eigenvalue weighted by molar-refractivity contribution is 4.92. The first-order valence-corrected chi connectivity index (χ1v) is 8.55. The predicted molar refractivity (Wildman–Crippen MR) is 90.2 cm³/mol. The summed E-state index contributed by atoms with van der Waals surface area (Å²) in [7, 11) is 2.23. The van der Waals surface area contributed by atoms with Crippen molar-refractivity contribution in [3.05, 3.63) is 0 Å². The molecule has 20 heavy (non-hydrogen) atoms. The molecule has 120 valence electrons. The van der Waals surface area contributed by atoms with Gasteiger partial charge in [0.05, 0.1) is 0 Å². The van der Waals surface area contributed by atoms with Crippen LogP contribution in [0.4, 0.5) is 0 Å². The number of hydrogen-bond donors (Lipinski definition) is 1. The minimum atomic E-state index is 0.497. The van der Waals surface area contributed by atoms with E-state index in [2.05, 4.69) is 58.8 Å². The Morgan fingerprint density at radius 3 is 2.10 bits per heavy atom. The van der Waals surface area contributed by atoms with E-state index < -0.39 is 0 Å². The summed E-state index contributed by atoms with van der Waals surface area (Å²) >= 11 is 0. The van der Waals surface area contributed by atoms with Crippen LogP contribution in [0, 0.1) is 10.8 Å². The molecule has 0 unspecified atom stereocenters. The third-order valence-electron chi connectivity index (χ3n) is 4.81. The Balaban J connectivity index is 2.22. The van der Waals surface area contributed by atoms with Crippen molar-refractivity contribution >= 4 is 0 Å². The van der Waals surface area contributed by atoms with Crippen LogP contribution in [0.2, 0.25) is 0 Å². The molecule has 0 heterocycles. The molecule has 0 radical (unpaired) electrons. The predicted octanol–water partition coefficient (Wildman–Crippen LogP) is 4.30. The minimum absolute atomic E-state index is 0.497. The van der Waals surface area contributed by atoms with Gasteiger partial charge in [0, 0.05) is 12.1 Å². The quantitative estimate of drug-likeness (QED) is 0.700. The monoisotopic (exact) mass is 282 g/mol. The zero-order chi connectivity index (χ0) is 15.4. The van der Waals surface area contributed by atoms with E-state index in [1.807, 2.05) is 0 Å². The van der Waals surface area contributed by atoms with Gasteiger partial charge in [-0.3, -0.25) is 0 Å². The van der Waals surface area contributed by atoms with Gasteiger partial charge in [0.15, 0.2) is 0 Å². The molecule has 0 bridgehead atoms. The van der Waals surface area contributed by atoms with Gasteiger partial charge in [0.1, 0.15) is 0 Å². The molecule has 1 rings (SSSR count). The van der Waals surface area contributed by atoms with E-state index in [4.69, 9.17) is 0 Å². The largest absolute Gasteiger partial charge is 0.314 e. The Bertz CT molecular complexity index is 265. The smallest absolute Gasteiger partial charge is 0.00772 e. The van der Waals surface area contributed by atoms with E-state index in [9.17, 15) is 0 Å². The lowest BCUT2D eigenvalue weighted by atomic mass is 9.63. The van der Waals surface area contributed by atoms with E-state index >= 15 is 0 Å². The van der Waals surface area contributed by atoms with Crippen LogP contribution in [0.25, 0.3) is 0 Å². The van der Waals surface area contributed by atoms with E-state index in [1.54, 1.807) is 0 Å². The van der Waals surface area contributed by atoms with Crippen LogP contribution in [-0.4, -0.2) is 37.1 Å². The van der Waals surface area contributed by atoms with E-state index in [-0.39, 0.29) is 0 Å². The van der Waals surface area contributed by atoms with Crippen molar-refractivity contribution in [1.82, 2.24) is 10.2 Å². The highest BCUT2D eigenvalue weighted by atomic mass is 15.1. The van der Waals surface area contributed by atoms with Gasteiger partial charge in [-0.15, -0.1) is 0 Å². The zero-order valence-corrected chi connectivity index (χ0v) is 15.1. The first kappa shape index (κ1) is 18.0. The van der Waals surface area contributed by atoms with Gasteiger partial charge in [-0.2, -0.15) is 0 Å². The van der Waals surface area contributed by atoms with Gasteiger partial charge in [-0.05, 0) is 76.9 Å². The fraction of sp³-hybridized carbons (Fsp3) is 1.00. The Kier molecular flexibility index (Phi) is 6.53. The lowest BCUT2D eigenvalue weighted by molar-refractivity contribution is 0.0850. The number of rotatable bonds is 7.